The zero-order valence-electron chi connectivity index (χ0n) is 46.3. The first-order valence-corrected chi connectivity index (χ1v) is 29.0. The Balaban J connectivity index is 2.01. The van der Waals surface area contributed by atoms with E-state index in [0.29, 0.717) is 11.1 Å². The molecule has 2 aromatic carbocycles. The number of hydrogen-bond donors (Lipinski definition) is 16. The predicted molar refractivity (Wildman–Crippen MR) is 314 cm³/mol. The average molecular weight is 1180 g/mol. The molecule has 1 aliphatic rings. The highest BCUT2D eigenvalue weighted by molar-refractivity contribution is 8.76. The molecule has 1 unspecified atom stereocenters. The minimum atomic E-state index is -1.42. The number of carbonyl (C=O) groups is 9. The molecular weight excluding hydrogens is 1100 g/mol. The van der Waals surface area contributed by atoms with Crippen LogP contribution < -0.4 is 83.1 Å². The number of nitrogens with one attached hydrogen (secondary N) is 7. The summed E-state index contributed by atoms with van der Waals surface area (Å²) in [5.74, 6) is -8.03. The molecule has 3 rings (SSSR count). The highest BCUT2D eigenvalue weighted by Crippen LogP contribution is 2.24. The molecule has 1 saturated heterocycles. The van der Waals surface area contributed by atoms with Gasteiger partial charge in [0.1, 0.15) is 48.0 Å². The fourth-order valence-corrected chi connectivity index (χ4v) is 10.5. The second-order valence-corrected chi connectivity index (χ2v) is 22.3. The molecule has 82 heavy (non-hydrogen) atoms. The van der Waals surface area contributed by atoms with Gasteiger partial charge in [0.15, 0.2) is 17.9 Å². The van der Waals surface area contributed by atoms with Crippen molar-refractivity contribution < 1.29 is 48.3 Å². The van der Waals surface area contributed by atoms with E-state index >= 15 is 0 Å². The van der Waals surface area contributed by atoms with Crippen molar-refractivity contribution in [3.8, 4) is 5.75 Å². The quantitative estimate of drug-likeness (QED) is 0.0158. The molecule has 8 atom stereocenters. The summed E-state index contributed by atoms with van der Waals surface area (Å²) in [5.41, 5.74) is 46.3. The highest BCUT2D eigenvalue weighted by Gasteiger charge is 2.37. The van der Waals surface area contributed by atoms with Crippen molar-refractivity contribution in [3.63, 3.8) is 0 Å². The molecular formula is C51H81N19O10S2. The zero-order valence-corrected chi connectivity index (χ0v) is 48.0. The number of aromatic hydroxyl groups is 1. The Morgan fingerprint density at radius 3 is 1.82 bits per heavy atom. The van der Waals surface area contributed by atoms with Gasteiger partial charge in [-0.05, 0) is 80.5 Å². The van der Waals surface area contributed by atoms with Gasteiger partial charge in [-0.1, -0.05) is 77.9 Å². The van der Waals surface area contributed by atoms with Crippen molar-refractivity contribution in [3.05, 3.63) is 65.7 Å². The summed E-state index contributed by atoms with van der Waals surface area (Å²) in [7, 11) is 3.44. The molecule has 0 aliphatic carbocycles. The summed E-state index contributed by atoms with van der Waals surface area (Å²) in [4.78, 5) is 138. The molecule has 1 heterocycles. The second-order valence-electron chi connectivity index (χ2n) is 19.7. The molecule has 24 N–H and O–H groups in total. The van der Waals surface area contributed by atoms with Crippen LogP contribution in [-0.2, 0) is 56.0 Å². The molecule has 0 saturated carbocycles. The standard InChI is InChI=1S/C51H81N19O10S2/c1-28(2)22-35(44(76)65-33(41(53)73)12-7-19-60-49(54)55)67-47(79)39(14-9-21-62-51(58)59)70(3)48(80)34(13-8-20-61-50(56)57)66-46(78)38-27-82-81-26-37(68-42(74)32(52)23-30-15-17-31(71)18-16-30)43(75)63-25-40(72)64-36(45(77)69-38)24-29-10-5-4-6-11-29/h4-6,10-11,15-18,28,32-39,71H,7-9,12-14,19-27,52H2,1-3H3,(H2,53,73)(H,63,75)(H,64,72)(H,65,76)(H,66,78)(H,67,79)(H,68,74)(H,69,77)(H4,54,55,60)(H4,56,57,61)(H4,58,59,62)/t32-,33-,34-,35+,36?,37+,38-,39-/m0/s1. The maximum absolute atomic E-state index is 14.9. The Morgan fingerprint density at radius 1 is 0.683 bits per heavy atom. The van der Waals surface area contributed by atoms with Gasteiger partial charge in [0.05, 0.1) is 12.6 Å². The number of rotatable bonds is 29. The van der Waals surface area contributed by atoms with Crippen LogP contribution in [-0.4, -0.2) is 174 Å². The number of benzene rings is 2. The molecule has 0 aromatic heterocycles. The van der Waals surface area contributed by atoms with Crippen LogP contribution in [0.1, 0.15) is 69.9 Å². The van der Waals surface area contributed by atoms with Crippen LogP contribution in [0.3, 0.4) is 0 Å². The van der Waals surface area contributed by atoms with E-state index in [1.807, 2.05) is 13.8 Å². The monoisotopic (exact) mass is 1180 g/mol. The Bertz CT molecular complexity index is 2550. The van der Waals surface area contributed by atoms with Gasteiger partial charge < -0.3 is 93.1 Å². The lowest BCUT2D eigenvalue weighted by Crippen LogP contribution is -2.60. The van der Waals surface area contributed by atoms with Crippen LogP contribution >= 0.6 is 21.6 Å². The smallest absolute Gasteiger partial charge is 0.245 e. The molecule has 0 bridgehead atoms. The summed E-state index contributed by atoms with van der Waals surface area (Å²) < 4.78 is 0. The SMILES string of the molecule is CC(C)C[C@@H](NC(=O)[C@H](CCCN=C(N)N)N(C)C(=O)[C@H](CCCN=C(N)N)NC(=O)[C@@H]1CSSC[C@@H](NC(=O)[C@@H](N)Cc2ccc(O)cc2)C(=O)NCC(=O)NC(Cc2ccccc2)C(=O)N1)C(=O)N[C@@H](CCCN=C(N)N)C(N)=O. The lowest BCUT2D eigenvalue weighted by Gasteiger charge is -2.33. The number of primary amides is 1. The van der Waals surface area contributed by atoms with Gasteiger partial charge >= 0.3 is 0 Å². The van der Waals surface area contributed by atoms with Crippen LogP contribution in [0.2, 0.25) is 0 Å². The van der Waals surface area contributed by atoms with Gasteiger partial charge in [0, 0.05) is 44.6 Å². The Morgan fingerprint density at radius 2 is 1.24 bits per heavy atom. The Kier molecular flexibility index (Phi) is 29.6. The van der Waals surface area contributed by atoms with Crippen LogP contribution in [0.25, 0.3) is 0 Å². The Hall–Kier alpha value is -8.06. The van der Waals surface area contributed by atoms with Gasteiger partial charge in [-0.15, -0.1) is 0 Å². The lowest BCUT2D eigenvalue weighted by molar-refractivity contribution is -0.143. The summed E-state index contributed by atoms with van der Waals surface area (Å²) in [6, 6.07) is 4.55. The van der Waals surface area contributed by atoms with E-state index in [-0.39, 0.29) is 118 Å². The summed E-state index contributed by atoms with van der Waals surface area (Å²) in [6.45, 7) is 3.23. The number of phenolic OH excluding ortho intramolecular Hbond substituents is 1. The average Bonchev–Trinajstić information content (AvgIpc) is 3.44. The summed E-state index contributed by atoms with van der Waals surface area (Å²) >= 11 is 0. The van der Waals surface area contributed by atoms with Crippen molar-refractivity contribution in [1.29, 1.82) is 0 Å². The zero-order chi connectivity index (χ0) is 60.9. The van der Waals surface area contributed by atoms with Crippen LogP contribution in [0.5, 0.6) is 5.75 Å². The molecule has 31 heteroatoms. The molecule has 452 valence electrons. The third-order valence-corrected chi connectivity index (χ3v) is 14.9. The normalized spacial score (nSPS) is 17.7. The number of hydrogen-bond acceptors (Lipinski definition) is 16. The van der Waals surface area contributed by atoms with Gasteiger partial charge in [-0.25, -0.2) is 0 Å². The van der Waals surface area contributed by atoms with E-state index in [1.54, 1.807) is 42.5 Å². The number of likely N-dealkylation sites (N-methyl/N-ethyl adjacent to an activating group) is 1. The van der Waals surface area contributed by atoms with Crippen LogP contribution in [0.15, 0.2) is 69.6 Å². The second kappa shape index (κ2) is 35.6. The van der Waals surface area contributed by atoms with Crippen molar-refractivity contribution >= 4 is 92.6 Å². The van der Waals surface area contributed by atoms with Gasteiger partial charge in [0.25, 0.3) is 0 Å². The molecule has 9 amide bonds. The maximum atomic E-state index is 14.9. The van der Waals surface area contributed by atoms with E-state index in [9.17, 15) is 48.3 Å². The lowest BCUT2D eigenvalue weighted by atomic mass is 10.0. The van der Waals surface area contributed by atoms with Crippen molar-refractivity contribution in [2.75, 3.05) is 44.7 Å². The van der Waals surface area contributed by atoms with E-state index < -0.39 is 108 Å². The minimum absolute atomic E-state index is 0.0151. The van der Waals surface area contributed by atoms with E-state index in [2.05, 4.69) is 52.2 Å². The number of carbonyl (C=O) groups excluding carboxylic acids is 9. The van der Waals surface area contributed by atoms with Crippen LogP contribution in [0.4, 0.5) is 0 Å². The van der Waals surface area contributed by atoms with Gasteiger partial charge in [-0.2, -0.15) is 0 Å². The van der Waals surface area contributed by atoms with Crippen molar-refractivity contribution in [2.45, 2.75) is 120 Å². The fraction of sp³-hybridized carbons (Fsp3) is 0.529. The fourth-order valence-electron chi connectivity index (χ4n) is 8.18. The first-order valence-electron chi connectivity index (χ1n) is 26.5. The molecule has 2 aromatic rings. The summed E-state index contributed by atoms with van der Waals surface area (Å²) in [5, 5.41) is 28.3. The van der Waals surface area contributed by atoms with E-state index in [1.165, 1.54) is 19.2 Å². The molecule has 0 radical (unpaired) electrons. The summed E-state index contributed by atoms with van der Waals surface area (Å²) in [6.07, 6.45) is 0.571. The number of aliphatic imine (C=N–C) groups is 3. The highest BCUT2D eigenvalue weighted by atomic mass is 33.1. The first kappa shape index (κ1) is 68.2. The maximum Gasteiger partial charge on any atom is 0.245 e. The first-order chi connectivity index (χ1) is 38.8. The largest absolute Gasteiger partial charge is 0.508 e. The number of guanidine groups is 3. The van der Waals surface area contributed by atoms with E-state index in [4.69, 9.17) is 45.9 Å². The van der Waals surface area contributed by atoms with Crippen molar-refractivity contribution in [2.24, 2.45) is 66.8 Å². The minimum Gasteiger partial charge on any atom is -0.508 e. The number of amides is 9. The third-order valence-electron chi connectivity index (χ3n) is 12.5. The number of phenols is 1. The van der Waals surface area contributed by atoms with Gasteiger partial charge in [0.2, 0.25) is 53.2 Å². The Labute approximate surface area is 484 Å². The predicted octanol–water partition coefficient (Wildman–Crippen LogP) is -4.56. The van der Waals surface area contributed by atoms with Crippen LogP contribution in [0, 0.1) is 5.92 Å². The molecule has 0 spiro atoms. The van der Waals surface area contributed by atoms with Crippen molar-refractivity contribution in [1.82, 2.24) is 42.1 Å². The number of nitrogens with zero attached hydrogens (tertiary/aromatic N) is 4. The topological polar surface area (TPSA) is 507 Å². The molecule has 1 fully saturated rings. The molecule has 1 aliphatic heterocycles. The third kappa shape index (κ3) is 25.6. The number of nitrogens with two attached hydrogens (primary N) is 8. The van der Waals surface area contributed by atoms with Gasteiger partial charge in [-0.3, -0.25) is 58.1 Å². The van der Waals surface area contributed by atoms with E-state index in [0.717, 1.165) is 26.5 Å². The molecule has 29 nitrogen and oxygen atoms in total.